The zero-order valence-electron chi connectivity index (χ0n) is 20.4. The summed E-state index contributed by atoms with van der Waals surface area (Å²) in [5.41, 5.74) is 4.45. The Labute approximate surface area is 209 Å². The molecule has 3 aromatic heterocycles. The second-order valence-corrected chi connectivity index (χ2v) is 9.55. The molecule has 2 aliphatic heterocycles. The number of benzene rings is 1. The minimum atomic E-state index is -0.0797. The molecular weight excluding hydrogens is 454 g/mol. The smallest absolute Gasteiger partial charge is 0.333 e. The monoisotopic (exact) mass is 485 g/mol. The van der Waals surface area contributed by atoms with Gasteiger partial charge in [-0.05, 0) is 62.5 Å². The van der Waals surface area contributed by atoms with Crippen molar-refractivity contribution in [2.24, 2.45) is 0 Å². The number of pyridine rings is 2. The average molecular weight is 486 g/mol. The van der Waals surface area contributed by atoms with Crippen LogP contribution in [0, 0.1) is 0 Å². The SMILES string of the molecule is C=Cn1c(=O)n(C2CCOCC2)c2c3cc(-c4ccc(OCCCN5CCC5)nc4)ccc3ncc21. The van der Waals surface area contributed by atoms with Gasteiger partial charge in [-0.15, -0.1) is 0 Å². The summed E-state index contributed by atoms with van der Waals surface area (Å²) in [5, 5.41) is 0.945. The average Bonchev–Trinajstić information content (AvgIpc) is 3.19. The van der Waals surface area contributed by atoms with E-state index in [-0.39, 0.29) is 11.7 Å². The van der Waals surface area contributed by atoms with Gasteiger partial charge in [0.05, 0.1) is 29.4 Å². The Bertz CT molecular complexity index is 1450. The molecule has 8 heteroatoms. The number of hydrogen-bond acceptors (Lipinski definition) is 6. The van der Waals surface area contributed by atoms with Crippen LogP contribution in [-0.2, 0) is 4.74 Å². The van der Waals surface area contributed by atoms with E-state index in [1.165, 1.54) is 19.5 Å². The molecule has 186 valence electrons. The summed E-state index contributed by atoms with van der Waals surface area (Å²) in [5.74, 6) is 0.642. The maximum absolute atomic E-state index is 13.4. The molecule has 0 amide bonds. The van der Waals surface area contributed by atoms with Gasteiger partial charge in [-0.25, -0.2) is 9.78 Å². The molecule has 0 saturated carbocycles. The third kappa shape index (κ3) is 4.20. The van der Waals surface area contributed by atoms with Gasteiger partial charge < -0.3 is 14.4 Å². The van der Waals surface area contributed by atoms with Crippen LogP contribution >= 0.6 is 0 Å². The maximum Gasteiger partial charge on any atom is 0.333 e. The lowest BCUT2D eigenvalue weighted by molar-refractivity contribution is 0.0698. The molecule has 4 aromatic rings. The van der Waals surface area contributed by atoms with Gasteiger partial charge in [-0.3, -0.25) is 14.1 Å². The predicted octanol–water partition coefficient (Wildman–Crippen LogP) is 4.34. The third-order valence-corrected chi connectivity index (χ3v) is 7.36. The van der Waals surface area contributed by atoms with E-state index < -0.39 is 0 Å². The number of imidazole rings is 1. The van der Waals surface area contributed by atoms with Gasteiger partial charge in [0.1, 0.15) is 0 Å². The van der Waals surface area contributed by atoms with Crippen molar-refractivity contribution in [3.63, 3.8) is 0 Å². The zero-order chi connectivity index (χ0) is 24.5. The summed E-state index contributed by atoms with van der Waals surface area (Å²) >= 11 is 0. The van der Waals surface area contributed by atoms with Crippen LogP contribution in [0.1, 0.15) is 31.7 Å². The van der Waals surface area contributed by atoms with E-state index >= 15 is 0 Å². The van der Waals surface area contributed by atoms with Gasteiger partial charge >= 0.3 is 5.69 Å². The van der Waals surface area contributed by atoms with Crippen LogP contribution in [0.5, 0.6) is 5.88 Å². The molecule has 2 aliphatic rings. The first-order valence-electron chi connectivity index (χ1n) is 12.8. The van der Waals surface area contributed by atoms with Crippen molar-refractivity contribution in [3.05, 3.63) is 59.8 Å². The highest BCUT2D eigenvalue weighted by atomic mass is 16.5. The minimum Gasteiger partial charge on any atom is -0.478 e. The molecule has 0 aliphatic carbocycles. The molecule has 36 heavy (non-hydrogen) atoms. The standard InChI is InChI=1S/C28H31N5O3/c1-2-32-25-19-29-24-7-5-20(17-23(24)27(25)33(28(32)34)22-9-15-35-16-10-22)21-6-8-26(30-18-21)36-14-4-13-31-11-3-12-31/h2,5-8,17-19,22H,1,3-4,9-16H2. The lowest BCUT2D eigenvalue weighted by Gasteiger charge is -2.30. The van der Waals surface area contributed by atoms with Crippen molar-refractivity contribution in [3.8, 4) is 17.0 Å². The largest absolute Gasteiger partial charge is 0.478 e. The van der Waals surface area contributed by atoms with Crippen LogP contribution in [0.2, 0.25) is 0 Å². The molecule has 6 rings (SSSR count). The molecule has 0 bridgehead atoms. The minimum absolute atomic E-state index is 0.0797. The number of fused-ring (bicyclic) bond motifs is 3. The van der Waals surface area contributed by atoms with E-state index in [2.05, 4.69) is 27.5 Å². The van der Waals surface area contributed by atoms with Crippen molar-refractivity contribution in [1.29, 1.82) is 0 Å². The van der Waals surface area contributed by atoms with Gasteiger partial charge in [-0.1, -0.05) is 12.6 Å². The fourth-order valence-corrected chi connectivity index (χ4v) is 5.26. The van der Waals surface area contributed by atoms with Crippen molar-refractivity contribution >= 4 is 28.1 Å². The van der Waals surface area contributed by atoms with Crippen LogP contribution < -0.4 is 10.4 Å². The summed E-state index contributed by atoms with van der Waals surface area (Å²) in [4.78, 5) is 25.0. The Kier molecular flexibility index (Phi) is 6.29. The quantitative estimate of drug-likeness (QED) is 0.346. The van der Waals surface area contributed by atoms with E-state index in [1.807, 2.05) is 35.0 Å². The molecule has 8 nitrogen and oxygen atoms in total. The van der Waals surface area contributed by atoms with Gasteiger partial charge in [0.25, 0.3) is 0 Å². The highest BCUT2D eigenvalue weighted by Crippen LogP contribution is 2.32. The Morgan fingerprint density at radius 3 is 2.64 bits per heavy atom. The maximum atomic E-state index is 13.4. The fourth-order valence-electron chi connectivity index (χ4n) is 5.26. The highest BCUT2D eigenvalue weighted by Gasteiger charge is 2.24. The first-order valence-corrected chi connectivity index (χ1v) is 12.8. The molecular formula is C28H31N5O3. The molecule has 0 atom stereocenters. The number of nitrogens with zero attached hydrogens (tertiary/aromatic N) is 5. The van der Waals surface area contributed by atoms with Crippen LogP contribution in [0.25, 0.3) is 39.3 Å². The summed E-state index contributed by atoms with van der Waals surface area (Å²) in [6.07, 6.45) is 9.13. The molecule has 0 unspecified atom stereocenters. The van der Waals surface area contributed by atoms with Crippen LogP contribution in [0.3, 0.4) is 0 Å². The van der Waals surface area contributed by atoms with E-state index in [0.29, 0.717) is 25.7 Å². The normalized spacial score (nSPS) is 16.9. The first kappa shape index (κ1) is 22.9. The molecule has 0 spiro atoms. The van der Waals surface area contributed by atoms with E-state index in [9.17, 15) is 4.79 Å². The Balaban J connectivity index is 1.32. The second-order valence-electron chi connectivity index (χ2n) is 9.55. The summed E-state index contributed by atoms with van der Waals surface area (Å²) in [6.45, 7) is 9.37. The van der Waals surface area contributed by atoms with Gasteiger partial charge in [-0.2, -0.15) is 0 Å². The van der Waals surface area contributed by atoms with Crippen molar-refractivity contribution in [2.75, 3.05) is 39.5 Å². The summed E-state index contributed by atoms with van der Waals surface area (Å²) in [6, 6.07) is 10.2. The summed E-state index contributed by atoms with van der Waals surface area (Å²) in [7, 11) is 0. The van der Waals surface area contributed by atoms with Gasteiger partial charge in [0.15, 0.2) is 0 Å². The number of rotatable bonds is 8. The van der Waals surface area contributed by atoms with E-state index in [4.69, 9.17) is 9.47 Å². The topological polar surface area (TPSA) is 74.4 Å². The lowest BCUT2D eigenvalue weighted by atomic mass is 10.0. The van der Waals surface area contributed by atoms with Crippen molar-refractivity contribution in [2.45, 2.75) is 31.7 Å². The number of ether oxygens (including phenoxy) is 2. The lowest BCUT2D eigenvalue weighted by Crippen LogP contribution is -2.38. The molecule has 5 heterocycles. The van der Waals surface area contributed by atoms with Crippen molar-refractivity contribution in [1.82, 2.24) is 24.0 Å². The Morgan fingerprint density at radius 2 is 1.92 bits per heavy atom. The van der Waals surface area contributed by atoms with Crippen LogP contribution in [0.4, 0.5) is 0 Å². The Hall–Kier alpha value is -3.49. The van der Waals surface area contributed by atoms with E-state index in [0.717, 1.165) is 58.9 Å². The van der Waals surface area contributed by atoms with Gasteiger partial charge in [0.2, 0.25) is 5.88 Å². The number of aromatic nitrogens is 4. The second kappa shape index (κ2) is 9.87. The Morgan fingerprint density at radius 1 is 1.08 bits per heavy atom. The zero-order valence-corrected chi connectivity index (χ0v) is 20.4. The first-order chi connectivity index (χ1) is 17.7. The van der Waals surface area contributed by atoms with Gasteiger partial charge in [0, 0.05) is 55.2 Å². The highest BCUT2D eigenvalue weighted by molar-refractivity contribution is 6.04. The molecule has 1 aromatic carbocycles. The molecule has 2 fully saturated rings. The molecule has 2 saturated heterocycles. The van der Waals surface area contributed by atoms with E-state index in [1.54, 1.807) is 17.0 Å². The third-order valence-electron chi connectivity index (χ3n) is 7.36. The summed E-state index contributed by atoms with van der Waals surface area (Å²) < 4.78 is 14.9. The molecule has 0 radical (unpaired) electrons. The fraction of sp³-hybridized carbons (Fsp3) is 0.393. The number of hydrogen-bond donors (Lipinski definition) is 0. The van der Waals surface area contributed by atoms with Crippen molar-refractivity contribution < 1.29 is 9.47 Å². The predicted molar refractivity (Wildman–Crippen MR) is 141 cm³/mol. The number of likely N-dealkylation sites (tertiary alicyclic amines) is 1. The van der Waals surface area contributed by atoms with Crippen LogP contribution in [0.15, 0.2) is 54.1 Å². The molecule has 0 N–H and O–H groups in total. The van der Waals surface area contributed by atoms with Crippen LogP contribution in [-0.4, -0.2) is 63.5 Å².